The van der Waals surface area contributed by atoms with E-state index < -0.39 is 10.9 Å². The van der Waals surface area contributed by atoms with Gasteiger partial charge >= 0.3 is 0 Å². The van der Waals surface area contributed by atoms with Gasteiger partial charge < -0.3 is 15.3 Å². The Balaban J connectivity index is 2.19. The topological polar surface area (TPSA) is 72.0 Å². The van der Waals surface area contributed by atoms with Crippen molar-refractivity contribution < 1.29 is 0 Å². The first kappa shape index (κ1) is 14.2. The summed E-state index contributed by atoms with van der Waals surface area (Å²) < 4.78 is 0. The van der Waals surface area contributed by atoms with E-state index in [0.717, 1.165) is 16.9 Å². The van der Waals surface area contributed by atoms with Crippen LogP contribution in [0.25, 0.3) is 11.5 Å². The second kappa shape index (κ2) is 4.61. The molecule has 3 rings (SSSR count). The maximum absolute atomic E-state index is 11.8. The second-order valence-corrected chi connectivity index (χ2v) is 5.86. The molecule has 0 unspecified atom stereocenters. The normalized spacial score (nSPS) is 17.6. The third-order valence-electron chi connectivity index (χ3n) is 4.30. The van der Waals surface area contributed by atoms with E-state index in [-0.39, 0.29) is 16.7 Å². The maximum Gasteiger partial charge on any atom is 0.233 e. The second-order valence-electron chi connectivity index (χ2n) is 5.86. The average molecular weight is 292 g/mol. The van der Waals surface area contributed by atoms with Gasteiger partial charge in [0.25, 0.3) is 0 Å². The standard InChI is InChI=1S/C17H14N3O2/c1-17(2)11-6-4-5-7-12(11)20(3)13(17)8-10-14(19-9-18)16(22)15(10)21/h4-8H,1-3H3/q-1. The van der Waals surface area contributed by atoms with Crippen LogP contribution in [0, 0.1) is 0 Å². The summed E-state index contributed by atoms with van der Waals surface area (Å²) in [4.78, 5) is 28.7. The van der Waals surface area contributed by atoms with E-state index >= 15 is 0 Å². The number of anilines is 1. The number of hydrogen-bond donors (Lipinski definition) is 0. The van der Waals surface area contributed by atoms with E-state index in [1.165, 1.54) is 0 Å². The molecule has 0 saturated carbocycles. The minimum absolute atomic E-state index is 0.0415. The number of nitrogens with zero attached hydrogens (tertiary/aromatic N) is 3. The summed E-state index contributed by atoms with van der Waals surface area (Å²) in [6.07, 6.45) is 1.68. The molecule has 0 saturated heterocycles. The fourth-order valence-electron chi connectivity index (χ4n) is 3.09. The minimum Gasteiger partial charge on any atom is -0.422 e. The number of allylic oxidation sites excluding steroid dienone is 1. The molecule has 1 heterocycles. The van der Waals surface area contributed by atoms with Crippen LogP contribution < -0.4 is 15.8 Å². The molecule has 0 fully saturated rings. The van der Waals surface area contributed by atoms with Crippen LogP contribution in [-0.2, 0) is 5.41 Å². The molecule has 0 bridgehead atoms. The molecular weight excluding hydrogens is 278 g/mol. The molecule has 5 nitrogen and oxygen atoms in total. The quantitative estimate of drug-likeness (QED) is 0.630. The minimum atomic E-state index is -0.690. The number of aliphatic imine (C=N–C) groups is 1. The zero-order valence-electron chi connectivity index (χ0n) is 12.5. The molecule has 0 amide bonds. The van der Waals surface area contributed by atoms with Crippen LogP contribution in [0.5, 0.6) is 0 Å². The smallest absolute Gasteiger partial charge is 0.233 e. The number of rotatable bonds is 2. The summed E-state index contributed by atoms with van der Waals surface area (Å²) in [5, 5.41) is 8.64. The molecular formula is C17H14N3O2-. The molecule has 22 heavy (non-hydrogen) atoms. The largest absolute Gasteiger partial charge is 0.422 e. The number of hydrogen-bond acceptors (Lipinski definition) is 4. The van der Waals surface area contributed by atoms with Crippen molar-refractivity contribution in [1.29, 1.82) is 0 Å². The van der Waals surface area contributed by atoms with E-state index in [0.29, 0.717) is 0 Å². The van der Waals surface area contributed by atoms with Crippen LogP contribution in [-0.4, -0.2) is 13.1 Å². The van der Waals surface area contributed by atoms with Crippen LogP contribution in [0.2, 0.25) is 0 Å². The van der Waals surface area contributed by atoms with Crippen molar-refractivity contribution in [2.75, 3.05) is 11.9 Å². The first-order valence-electron chi connectivity index (χ1n) is 6.88. The lowest BCUT2D eigenvalue weighted by Gasteiger charge is -2.25. The molecule has 0 aromatic heterocycles. The molecule has 5 heteroatoms. The highest BCUT2D eigenvalue weighted by Crippen LogP contribution is 2.47. The third kappa shape index (κ3) is 1.73. The first-order chi connectivity index (χ1) is 10.4. The van der Waals surface area contributed by atoms with Crippen LogP contribution in [0.15, 0.2) is 44.5 Å². The van der Waals surface area contributed by atoms with Crippen molar-refractivity contribution in [3.8, 4) is 0 Å². The number of likely N-dealkylation sites (N-methyl/N-ethyl adjacent to an activating group) is 1. The fraction of sp³-hybridized carbons (Fsp3) is 0.235. The predicted molar refractivity (Wildman–Crippen MR) is 87.7 cm³/mol. The van der Waals surface area contributed by atoms with Crippen molar-refractivity contribution in [3.63, 3.8) is 0 Å². The van der Waals surface area contributed by atoms with Crippen LogP contribution >= 0.6 is 0 Å². The zero-order valence-corrected chi connectivity index (χ0v) is 12.5. The van der Waals surface area contributed by atoms with Crippen LogP contribution in [0.1, 0.15) is 25.0 Å². The number of fused-ring (bicyclic) bond motifs is 1. The van der Waals surface area contributed by atoms with Crippen LogP contribution in [0.4, 0.5) is 11.4 Å². The lowest BCUT2D eigenvalue weighted by Crippen LogP contribution is -2.34. The predicted octanol–water partition coefficient (Wildman–Crippen LogP) is 2.43. The molecule has 0 radical (unpaired) electrons. The van der Waals surface area contributed by atoms with Gasteiger partial charge in [0.15, 0.2) is 0 Å². The van der Waals surface area contributed by atoms with Crippen molar-refractivity contribution in [1.82, 2.24) is 0 Å². The monoisotopic (exact) mass is 292 g/mol. The molecule has 2 aromatic carbocycles. The van der Waals surface area contributed by atoms with Gasteiger partial charge in [-0.2, -0.15) is 6.01 Å². The first-order valence-corrected chi connectivity index (χ1v) is 6.88. The summed E-state index contributed by atoms with van der Waals surface area (Å²) in [6, 6.07) is 9.58. The SMILES string of the molecule is CN1C(=Cc2c(N=C=[N-])c(=O)c2=O)C(C)(C)c2ccccc21. The Bertz CT molecular complexity index is 924. The van der Waals surface area contributed by atoms with Crippen molar-refractivity contribution in [2.24, 2.45) is 4.99 Å². The van der Waals surface area contributed by atoms with Gasteiger partial charge in [-0.1, -0.05) is 32.0 Å². The average Bonchev–Trinajstić information content (AvgIpc) is 2.71. The number of benzene rings is 1. The van der Waals surface area contributed by atoms with Gasteiger partial charge in [0.05, 0.1) is 0 Å². The molecule has 0 N–H and O–H groups in total. The van der Waals surface area contributed by atoms with E-state index in [2.05, 4.69) is 24.9 Å². The van der Waals surface area contributed by atoms with Gasteiger partial charge in [-0.3, -0.25) is 9.59 Å². The van der Waals surface area contributed by atoms with Gasteiger partial charge in [0, 0.05) is 35.1 Å². The van der Waals surface area contributed by atoms with Crippen molar-refractivity contribution in [2.45, 2.75) is 19.3 Å². The molecule has 2 aromatic rings. The summed E-state index contributed by atoms with van der Waals surface area (Å²) in [5.74, 6) is 0. The zero-order chi connectivity index (χ0) is 16.1. The fourth-order valence-corrected chi connectivity index (χ4v) is 3.09. The molecule has 1 aliphatic heterocycles. The summed E-state index contributed by atoms with van der Waals surface area (Å²) in [7, 11) is 1.92. The maximum atomic E-state index is 11.8. The number of para-hydroxylation sites is 1. The third-order valence-corrected chi connectivity index (χ3v) is 4.30. The van der Waals surface area contributed by atoms with E-state index in [9.17, 15) is 9.59 Å². The Morgan fingerprint density at radius 2 is 1.91 bits per heavy atom. The van der Waals surface area contributed by atoms with Gasteiger partial charge in [-0.05, 0) is 17.7 Å². The van der Waals surface area contributed by atoms with E-state index in [1.807, 2.05) is 30.1 Å². The highest BCUT2D eigenvalue weighted by Gasteiger charge is 2.38. The Hall–Kier alpha value is -2.78. The highest BCUT2D eigenvalue weighted by atomic mass is 16.2. The lowest BCUT2D eigenvalue weighted by atomic mass is 9.83. The molecule has 1 aliphatic rings. The summed E-state index contributed by atoms with van der Waals surface area (Å²) in [6.45, 7) is 4.13. The Morgan fingerprint density at radius 3 is 2.55 bits per heavy atom. The Labute approximate surface area is 127 Å². The van der Waals surface area contributed by atoms with E-state index in [4.69, 9.17) is 5.41 Å². The molecule has 0 aliphatic carbocycles. The molecule has 0 spiro atoms. The van der Waals surface area contributed by atoms with Gasteiger partial charge in [-0.15, -0.1) is 0 Å². The molecule has 0 atom stereocenters. The van der Waals surface area contributed by atoms with Crippen LogP contribution in [0.3, 0.4) is 0 Å². The van der Waals surface area contributed by atoms with Gasteiger partial charge in [0.2, 0.25) is 10.9 Å². The highest BCUT2D eigenvalue weighted by molar-refractivity contribution is 5.80. The Morgan fingerprint density at radius 1 is 1.23 bits per heavy atom. The molecule has 110 valence electrons. The van der Waals surface area contributed by atoms with Gasteiger partial charge in [0.1, 0.15) is 0 Å². The van der Waals surface area contributed by atoms with Crippen molar-refractivity contribution in [3.05, 3.63) is 66.9 Å². The van der Waals surface area contributed by atoms with Gasteiger partial charge in [-0.25, -0.2) is 0 Å². The van der Waals surface area contributed by atoms with Crippen molar-refractivity contribution >= 4 is 23.5 Å². The summed E-state index contributed by atoms with van der Waals surface area (Å²) in [5.41, 5.74) is 1.72. The lowest BCUT2D eigenvalue weighted by molar-refractivity contribution is 0.645. The Kier molecular flexibility index (Phi) is 2.97. The van der Waals surface area contributed by atoms with E-state index in [1.54, 1.807) is 12.1 Å². The summed E-state index contributed by atoms with van der Waals surface area (Å²) >= 11 is 0.